The van der Waals surface area contributed by atoms with E-state index >= 15 is 0 Å². The Hall–Kier alpha value is -7.16. The van der Waals surface area contributed by atoms with Crippen molar-refractivity contribution in [1.82, 2.24) is 15.0 Å². The highest BCUT2D eigenvalue weighted by atomic mass is 16.3. The van der Waals surface area contributed by atoms with E-state index in [4.69, 9.17) is 19.4 Å². The Morgan fingerprint density at radius 2 is 0.941 bits per heavy atom. The molecule has 0 fully saturated rings. The van der Waals surface area contributed by atoms with E-state index in [0.717, 1.165) is 72.0 Å². The lowest BCUT2D eigenvalue weighted by Crippen LogP contribution is -2.01. The molecule has 2 aromatic heterocycles. The number of hydrogen-bond acceptors (Lipinski definition) is 5. The van der Waals surface area contributed by atoms with E-state index in [9.17, 15) is 5.26 Å². The SMILES string of the molecule is N#Cc1ccccc1-c1ccc(-c2nc(-c3ccccc3)nc(-c3ccc4c(oc5cccc(-c6ccccc6)c54)c3-c3ccccc3)n2)cc1. The molecule has 238 valence electrons. The number of aromatic nitrogens is 3. The van der Waals surface area contributed by atoms with Crippen molar-refractivity contribution in [3.63, 3.8) is 0 Å². The molecule has 0 N–H and O–H groups in total. The van der Waals surface area contributed by atoms with E-state index in [1.54, 1.807) is 0 Å². The third-order valence-corrected chi connectivity index (χ3v) is 9.22. The van der Waals surface area contributed by atoms with Crippen molar-refractivity contribution in [3.05, 3.63) is 175 Å². The third-order valence-electron chi connectivity index (χ3n) is 9.22. The standard InChI is InChI=1S/C46H28N4O/c47-29-35-19-10-11-20-36(35)31-23-25-34(26-24-31)45-48-44(33-17-8-3-9-18-33)49-46(50-45)39-28-27-38-42-37(30-13-4-1-5-14-30)21-12-22-40(42)51-43(38)41(39)32-15-6-2-7-16-32/h1-28H. The van der Waals surface area contributed by atoms with E-state index in [0.29, 0.717) is 23.0 Å². The predicted octanol–water partition coefficient (Wildman–Crippen LogP) is 11.6. The monoisotopic (exact) mass is 652 g/mol. The highest BCUT2D eigenvalue weighted by Gasteiger charge is 2.22. The third kappa shape index (κ3) is 5.42. The van der Waals surface area contributed by atoms with Crippen molar-refractivity contribution < 1.29 is 4.42 Å². The molecule has 9 rings (SSSR count). The van der Waals surface area contributed by atoms with Gasteiger partial charge in [0.05, 0.1) is 11.6 Å². The van der Waals surface area contributed by atoms with Crippen LogP contribution in [0.4, 0.5) is 0 Å². The minimum Gasteiger partial charge on any atom is -0.455 e. The van der Waals surface area contributed by atoms with Gasteiger partial charge in [0.2, 0.25) is 0 Å². The molecule has 0 atom stereocenters. The van der Waals surface area contributed by atoms with Crippen LogP contribution < -0.4 is 0 Å². The second-order valence-corrected chi connectivity index (χ2v) is 12.3. The van der Waals surface area contributed by atoms with Crippen molar-refractivity contribution >= 4 is 21.9 Å². The van der Waals surface area contributed by atoms with E-state index in [2.05, 4.69) is 60.7 Å². The summed E-state index contributed by atoms with van der Waals surface area (Å²) in [5.41, 5.74) is 10.8. The van der Waals surface area contributed by atoms with Gasteiger partial charge in [-0.25, -0.2) is 15.0 Å². The molecule has 5 nitrogen and oxygen atoms in total. The van der Waals surface area contributed by atoms with Gasteiger partial charge in [-0.2, -0.15) is 5.26 Å². The summed E-state index contributed by atoms with van der Waals surface area (Å²) in [6.45, 7) is 0. The zero-order valence-electron chi connectivity index (χ0n) is 27.4. The van der Waals surface area contributed by atoms with Crippen LogP contribution >= 0.6 is 0 Å². The van der Waals surface area contributed by atoms with Gasteiger partial charge in [-0.15, -0.1) is 0 Å². The van der Waals surface area contributed by atoms with Crippen LogP contribution in [0.1, 0.15) is 5.56 Å². The minimum absolute atomic E-state index is 0.544. The van der Waals surface area contributed by atoms with Gasteiger partial charge in [-0.05, 0) is 52.1 Å². The zero-order valence-corrected chi connectivity index (χ0v) is 27.4. The number of nitriles is 1. The average Bonchev–Trinajstić information content (AvgIpc) is 3.60. The van der Waals surface area contributed by atoms with Gasteiger partial charge < -0.3 is 4.42 Å². The second-order valence-electron chi connectivity index (χ2n) is 12.3. The fourth-order valence-electron chi connectivity index (χ4n) is 6.80. The van der Waals surface area contributed by atoms with Crippen LogP contribution in [0.5, 0.6) is 0 Å². The van der Waals surface area contributed by atoms with Crippen LogP contribution in [0, 0.1) is 11.3 Å². The molecule has 51 heavy (non-hydrogen) atoms. The maximum absolute atomic E-state index is 9.68. The Labute approximate surface area is 294 Å². The molecule has 0 aliphatic heterocycles. The fourth-order valence-corrected chi connectivity index (χ4v) is 6.80. The molecule has 0 radical (unpaired) electrons. The van der Waals surface area contributed by atoms with E-state index in [-0.39, 0.29) is 0 Å². The molecule has 0 spiro atoms. The van der Waals surface area contributed by atoms with Crippen LogP contribution in [0.25, 0.3) is 89.5 Å². The first-order valence-electron chi connectivity index (χ1n) is 16.8. The highest BCUT2D eigenvalue weighted by molar-refractivity contribution is 6.17. The average molecular weight is 653 g/mol. The minimum atomic E-state index is 0.544. The first-order chi connectivity index (χ1) is 25.2. The predicted molar refractivity (Wildman–Crippen MR) is 204 cm³/mol. The smallest absolute Gasteiger partial charge is 0.164 e. The number of rotatable bonds is 6. The van der Waals surface area contributed by atoms with E-state index < -0.39 is 0 Å². The topological polar surface area (TPSA) is 75.6 Å². The Balaban J connectivity index is 1.27. The number of nitrogens with zero attached hydrogens (tertiary/aromatic N) is 4. The summed E-state index contributed by atoms with van der Waals surface area (Å²) in [5, 5.41) is 11.8. The van der Waals surface area contributed by atoms with Crippen molar-refractivity contribution in [1.29, 1.82) is 5.26 Å². The van der Waals surface area contributed by atoms with Crippen molar-refractivity contribution in [2.24, 2.45) is 0 Å². The summed E-state index contributed by atoms with van der Waals surface area (Å²) >= 11 is 0. The van der Waals surface area contributed by atoms with Gasteiger partial charge in [0.25, 0.3) is 0 Å². The summed E-state index contributed by atoms with van der Waals surface area (Å²) in [6.07, 6.45) is 0. The van der Waals surface area contributed by atoms with Gasteiger partial charge in [-0.3, -0.25) is 0 Å². The molecular weight excluding hydrogens is 625 g/mol. The number of benzene rings is 7. The van der Waals surface area contributed by atoms with E-state index in [1.807, 2.05) is 115 Å². The molecule has 7 aromatic carbocycles. The summed E-state index contributed by atoms with van der Waals surface area (Å²) < 4.78 is 6.77. The molecule has 9 aromatic rings. The van der Waals surface area contributed by atoms with Gasteiger partial charge in [0, 0.05) is 33.0 Å². The second kappa shape index (κ2) is 12.7. The quantitative estimate of drug-likeness (QED) is 0.179. The highest BCUT2D eigenvalue weighted by Crippen LogP contribution is 2.44. The molecule has 5 heteroatoms. The fraction of sp³-hybridized carbons (Fsp3) is 0. The summed E-state index contributed by atoms with van der Waals surface area (Å²) in [7, 11) is 0. The zero-order chi connectivity index (χ0) is 34.1. The van der Waals surface area contributed by atoms with Gasteiger partial charge in [0.1, 0.15) is 11.2 Å². The number of furan rings is 1. The summed E-state index contributed by atoms with van der Waals surface area (Å²) in [5.74, 6) is 1.67. The lowest BCUT2D eigenvalue weighted by molar-refractivity contribution is 0.670. The molecule has 0 bridgehead atoms. The normalized spacial score (nSPS) is 11.1. The van der Waals surface area contributed by atoms with Crippen LogP contribution in [0.15, 0.2) is 174 Å². The van der Waals surface area contributed by atoms with Gasteiger partial charge in [-0.1, -0.05) is 146 Å². The van der Waals surface area contributed by atoms with Gasteiger partial charge >= 0.3 is 0 Å². The molecule has 0 aliphatic rings. The van der Waals surface area contributed by atoms with Crippen molar-refractivity contribution in [2.75, 3.05) is 0 Å². The van der Waals surface area contributed by atoms with E-state index in [1.165, 1.54) is 0 Å². The molecule has 0 unspecified atom stereocenters. The maximum Gasteiger partial charge on any atom is 0.164 e. The summed E-state index contributed by atoms with van der Waals surface area (Å²) in [6, 6.07) is 59.1. The summed E-state index contributed by atoms with van der Waals surface area (Å²) in [4.78, 5) is 15.2. The largest absolute Gasteiger partial charge is 0.455 e. The Morgan fingerprint density at radius 3 is 1.63 bits per heavy atom. The Bertz CT molecular complexity index is 2730. The molecule has 0 saturated heterocycles. The first-order valence-corrected chi connectivity index (χ1v) is 16.8. The number of fused-ring (bicyclic) bond motifs is 3. The lowest BCUT2D eigenvalue weighted by Gasteiger charge is -2.13. The molecule has 0 amide bonds. The van der Waals surface area contributed by atoms with Crippen LogP contribution in [0.2, 0.25) is 0 Å². The first kappa shape index (κ1) is 29.9. The maximum atomic E-state index is 9.68. The number of hydrogen-bond donors (Lipinski definition) is 0. The van der Waals surface area contributed by atoms with Crippen LogP contribution in [-0.4, -0.2) is 15.0 Å². The molecular formula is C46H28N4O. The molecule has 0 saturated carbocycles. The van der Waals surface area contributed by atoms with Gasteiger partial charge in [0.15, 0.2) is 17.5 Å². The molecule has 0 aliphatic carbocycles. The Kier molecular flexibility index (Phi) is 7.46. The molecule has 2 heterocycles. The lowest BCUT2D eigenvalue weighted by atomic mass is 9.94. The van der Waals surface area contributed by atoms with Crippen molar-refractivity contribution in [3.8, 4) is 73.6 Å². The van der Waals surface area contributed by atoms with Crippen LogP contribution in [0.3, 0.4) is 0 Å². The van der Waals surface area contributed by atoms with Crippen LogP contribution in [-0.2, 0) is 0 Å². The van der Waals surface area contributed by atoms with Crippen molar-refractivity contribution in [2.45, 2.75) is 0 Å². The Morgan fingerprint density at radius 1 is 0.412 bits per heavy atom.